The third-order valence-corrected chi connectivity index (χ3v) is 3.75. The van der Waals surface area contributed by atoms with Crippen LogP contribution in [0.2, 0.25) is 0 Å². The molecule has 0 aromatic heterocycles. The van der Waals surface area contributed by atoms with E-state index in [0.717, 1.165) is 25.7 Å². The zero-order chi connectivity index (χ0) is 10.2. The van der Waals surface area contributed by atoms with E-state index in [9.17, 15) is 4.79 Å². The molecule has 0 saturated heterocycles. The van der Waals surface area contributed by atoms with Crippen LogP contribution in [0.1, 0.15) is 45.4 Å². The first kappa shape index (κ1) is 9.97. The van der Waals surface area contributed by atoms with Crippen molar-refractivity contribution < 1.29 is 9.53 Å². The van der Waals surface area contributed by atoms with Gasteiger partial charge in [-0.05, 0) is 38.5 Å². The first-order chi connectivity index (χ1) is 6.69. The van der Waals surface area contributed by atoms with Crippen LogP contribution in [0.15, 0.2) is 0 Å². The molecule has 0 bridgehead atoms. The van der Waals surface area contributed by atoms with E-state index in [1.807, 2.05) is 6.92 Å². The Kier molecular flexibility index (Phi) is 2.52. The van der Waals surface area contributed by atoms with Gasteiger partial charge in [0.1, 0.15) is 6.10 Å². The summed E-state index contributed by atoms with van der Waals surface area (Å²) in [5.74, 6) is -0.0422. The smallest absolute Gasteiger partial charge is 0.313 e. The van der Waals surface area contributed by atoms with E-state index >= 15 is 0 Å². The highest BCUT2D eigenvalue weighted by atomic mass is 16.5. The van der Waals surface area contributed by atoms with Gasteiger partial charge in [0.05, 0.1) is 5.41 Å². The van der Waals surface area contributed by atoms with E-state index in [0.29, 0.717) is 0 Å². The van der Waals surface area contributed by atoms with Gasteiger partial charge < -0.3 is 10.5 Å². The Bertz CT molecular complexity index is 231. The number of hydrogen-bond acceptors (Lipinski definition) is 3. The third kappa shape index (κ3) is 1.54. The molecule has 2 N–H and O–H groups in total. The second kappa shape index (κ2) is 3.54. The van der Waals surface area contributed by atoms with Crippen molar-refractivity contribution in [2.24, 2.45) is 11.1 Å². The molecule has 2 aliphatic rings. The molecule has 14 heavy (non-hydrogen) atoms. The molecule has 0 spiro atoms. The topological polar surface area (TPSA) is 52.3 Å². The summed E-state index contributed by atoms with van der Waals surface area (Å²) in [5, 5.41) is 0. The Morgan fingerprint density at radius 1 is 1.50 bits per heavy atom. The Balaban J connectivity index is 1.88. The number of hydrogen-bond donors (Lipinski definition) is 1. The maximum Gasteiger partial charge on any atom is 0.313 e. The lowest BCUT2D eigenvalue weighted by Crippen LogP contribution is -2.28. The SMILES string of the molecule is CCC1(C(=O)OC2CCCC2)CC1N. The van der Waals surface area contributed by atoms with Crippen LogP contribution in [0.5, 0.6) is 0 Å². The molecule has 2 atom stereocenters. The Hall–Kier alpha value is -0.570. The summed E-state index contributed by atoms with van der Waals surface area (Å²) in [6.45, 7) is 2.02. The summed E-state index contributed by atoms with van der Waals surface area (Å²) in [5.41, 5.74) is 5.47. The lowest BCUT2D eigenvalue weighted by Gasteiger charge is -2.17. The first-order valence-corrected chi connectivity index (χ1v) is 5.65. The van der Waals surface area contributed by atoms with E-state index in [4.69, 9.17) is 10.5 Å². The highest BCUT2D eigenvalue weighted by molar-refractivity contribution is 5.81. The third-order valence-electron chi connectivity index (χ3n) is 3.75. The lowest BCUT2D eigenvalue weighted by atomic mass is 10.0. The Morgan fingerprint density at radius 2 is 2.07 bits per heavy atom. The van der Waals surface area contributed by atoms with Gasteiger partial charge in [-0.2, -0.15) is 0 Å². The fourth-order valence-corrected chi connectivity index (χ4v) is 2.39. The summed E-state index contributed by atoms with van der Waals surface area (Å²) >= 11 is 0. The number of carbonyl (C=O) groups is 1. The van der Waals surface area contributed by atoms with Crippen LogP contribution in [-0.2, 0) is 9.53 Å². The normalized spacial score (nSPS) is 37.1. The highest BCUT2D eigenvalue weighted by Gasteiger charge is 2.58. The fourth-order valence-electron chi connectivity index (χ4n) is 2.39. The molecule has 3 heteroatoms. The predicted octanol–water partition coefficient (Wildman–Crippen LogP) is 1.60. The Morgan fingerprint density at radius 3 is 2.50 bits per heavy atom. The average Bonchev–Trinajstić information content (AvgIpc) is 2.62. The average molecular weight is 197 g/mol. The number of carbonyl (C=O) groups excluding carboxylic acids is 1. The molecule has 0 aromatic rings. The molecular formula is C11H19NO2. The number of ether oxygens (including phenoxy) is 1. The molecule has 0 aliphatic heterocycles. The van der Waals surface area contributed by atoms with E-state index in [1.54, 1.807) is 0 Å². The molecule has 3 nitrogen and oxygen atoms in total. The molecule has 2 fully saturated rings. The maximum absolute atomic E-state index is 11.8. The molecule has 80 valence electrons. The van der Waals surface area contributed by atoms with Crippen molar-refractivity contribution in [3.8, 4) is 0 Å². The standard InChI is InChI=1S/C11H19NO2/c1-2-11(7-9(11)12)10(13)14-8-5-3-4-6-8/h8-9H,2-7,12H2,1H3. The van der Waals surface area contributed by atoms with Crippen molar-refractivity contribution in [1.82, 2.24) is 0 Å². The summed E-state index contributed by atoms with van der Waals surface area (Å²) in [6, 6.07) is 0.0430. The van der Waals surface area contributed by atoms with Gasteiger partial charge in [-0.15, -0.1) is 0 Å². The molecular weight excluding hydrogens is 178 g/mol. The van der Waals surface area contributed by atoms with E-state index in [-0.39, 0.29) is 23.5 Å². The summed E-state index contributed by atoms with van der Waals surface area (Å²) in [4.78, 5) is 11.8. The highest BCUT2D eigenvalue weighted by Crippen LogP contribution is 2.49. The van der Waals surface area contributed by atoms with Gasteiger partial charge in [0, 0.05) is 6.04 Å². The second-order valence-corrected chi connectivity index (χ2v) is 4.63. The minimum atomic E-state index is -0.317. The van der Waals surface area contributed by atoms with Crippen LogP contribution in [0, 0.1) is 5.41 Å². The van der Waals surface area contributed by atoms with E-state index in [2.05, 4.69) is 0 Å². The maximum atomic E-state index is 11.8. The largest absolute Gasteiger partial charge is 0.462 e. The fraction of sp³-hybridized carbons (Fsp3) is 0.909. The number of rotatable bonds is 3. The van der Waals surface area contributed by atoms with Gasteiger partial charge in [0.15, 0.2) is 0 Å². The van der Waals surface area contributed by atoms with E-state index < -0.39 is 0 Å². The Labute approximate surface area is 85.0 Å². The van der Waals surface area contributed by atoms with Crippen LogP contribution in [-0.4, -0.2) is 18.1 Å². The molecule has 2 rings (SSSR count). The molecule has 0 amide bonds. The molecule has 0 aromatic carbocycles. The molecule has 0 heterocycles. The van der Waals surface area contributed by atoms with Crippen molar-refractivity contribution in [2.45, 2.75) is 57.6 Å². The van der Waals surface area contributed by atoms with Gasteiger partial charge >= 0.3 is 5.97 Å². The van der Waals surface area contributed by atoms with Gasteiger partial charge in [-0.25, -0.2) is 0 Å². The van der Waals surface area contributed by atoms with Gasteiger partial charge in [-0.1, -0.05) is 6.92 Å². The van der Waals surface area contributed by atoms with Gasteiger partial charge in [0.2, 0.25) is 0 Å². The zero-order valence-electron chi connectivity index (χ0n) is 8.79. The van der Waals surface area contributed by atoms with Crippen LogP contribution in [0.3, 0.4) is 0 Å². The van der Waals surface area contributed by atoms with Crippen molar-refractivity contribution in [1.29, 1.82) is 0 Å². The first-order valence-electron chi connectivity index (χ1n) is 5.65. The summed E-state index contributed by atoms with van der Waals surface area (Å²) in [7, 11) is 0. The molecule has 2 saturated carbocycles. The minimum absolute atomic E-state index is 0.0422. The number of nitrogens with two attached hydrogens (primary N) is 1. The van der Waals surface area contributed by atoms with Crippen molar-refractivity contribution in [3.63, 3.8) is 0 Å². The van der Waals surface area contributed by atoms with Crippen LogP contribution < -0.4 is 5.73 Å². The quantitative estimate of drug-likeness (QED) is 0.699. The van der Waals surface area contributed by atoms with Crippen molar-refractivity contribution >= 4 is 5.97 Å². The summed E-state index contributed by atoms with van der Waals surface area (Å²) in [6.07, 6.45) is 6.29. The van der Waals surface area contributed by atoms with Crippen LogP contribution in [0.4, 0.5) is 0 Å². The predicted molar refractivity (Wildman–Crippen MR) is 53.7 cm³/mol. The molecule has 2 unspecified atom stereocenters. The molecule has 2 aliphatic carbocycles. The van der Waals surface area contributed by atoms with Crippen LogP contribution >= 0.6 is 0 Å². The minimum Gasteiger partial charge on any atom is -0.462 e. The zero-order valence-corrected chi connectivity index (χ0v) is 8.79. The molecule has 0 radical (unpaired) electrons. The second-order valence-electron chi connectivity index (χ2n) is 4.63. The summed E-state index contributed by atoms with van der Waals surface area (Å²) < 4.78 is 5.48. The van der Waals surface area contributed by atoms with Crippen LogP contribution in [0.25, 0.3) is 0 Å². The van der Waals surface area contributed by atoms with Crippen molar-refractivity contribution in [2.75, 3.05) is 0 Å². The number of esters is 1. The monoisotopic (exact) mass is 197 g/mol. The van der Waals surface area contributed by atoms with Gasteiger partial charge in [-0.3, -0.25) is 4.79 Å². The van der Waals surface area contributed by atoms with Gasteiger partial charge in [0.25, 0.3) is 0 Å². The van der Waals surface area contributed by atoms with E-state index in [1.165, 1.54) is 12.8 Å². The van der Waals surface area contributed by atoms with Crippen molar-refractivity contribution in [3.05, 3.63) is 0 Å². The lowest BCUT2D eigenvalue weighted by molar-refractivity contribution is -0.155.